The lowest BCUT2D eigenvalue weighted by molar-refractivity contribution is 1.01. The van der Waals surface area contributed by atoms with E-state index >= 15 is 0 Å². The lowest BCUT2D eigenvalue weighted by Crippen LogP contribution is -2.11. The molecule has 0 aliphatic carbocycles. The molecular formula is C13H12N4OS. The van der Waals surface area contributed by atoms with Crippen LogP contribution < -0.4 is 5.69 Å². The first-order valence-corrected chi connectivity index (χ1v) is 6.91. The van der Waals surface area contributed by atoms with Crippen LogP contribution in [-0.4, -0.2) is 25.7 Å². The number of hydrogen-bond donors (Lipinski definition) is 2. The number of imidazole rings is 1. The molecule has 0 spiro atoms. The molecule has 3 aromatic rings. The monoisotopic (exact) mass is 272 g/mol. The van der Waals surface area contributed by atoms with Crippen molar-refractivity contribution in [2.24, 2.45) is 0 Å². The van der Waals surface area contributed by atoms with Gasteiger partial charge < -0.3 is 4.98 Å². The number of aromatic amines is 2. The van der Waals surface area contributed by atoms with Crippen LogP contribution in [0.1, 0.15) is 5.56 Å². The highest BCUT2D eigenvalue weighted by atomic mass is 32.2. The summed E-state index contributed by atoms with van der Waals surface area (Å²) in [6.45, 7) is 0. The van der Waals surface area contributed by atoms with E-state index in [-0.39, 0.29) is 5.69 Å². The molecule has 6 heteroatoms. The van der Waals surface area contributed by atoms with Crippen molar-refractivity contribution in [1.82, 2.24) is 19.9 Å². The number of rotatable bonds is 4. The van der Waals surface area contributed by atoms with Gasteiger partial charge in [-0.1, -0.05) is 30.3 Å². The molecule has 0 amide bonds. The van der Waals surface area contributed by atoms with Crippen molar-refractivity contribution in [2.45, 2.75) is 11.4 Å². The summed E-state index contributed by atoms with van der Waals surface area (Å²) in [7, 11) is 0. The molecule has 5 nitrogen and oxygen atoms in total. The molecule has 0 radical (unpaired) electrons. The molecule has 96 valence electrons. The summed E-state index contributed by atoms with van der Waals surface area (Å²) in [5, 5.41) is 0.701. The number of nitrogens with one attached hydrogen (secondary N) is 2. The van der Waals surface area contributed by atoms with E-state index in [1.165, 1.54) is 5.56 Å². The number of benzene rings is 1. The van der Waals surface area contributed by atoms with Crippen LogP contribution in [0.5, 0.6) is 0 Å². The Bertz CT molecular complexity index is 735. The van der Waals surface area contributed by atoms with Crippen molar-refractivity contribution in [3.8, 4) is 0 Å². The normalized spacial score (nSPS) is 10.9. The number of H-pyrrole nitrogens is 2. The highest BCUT2D eigenvalue weighted by Crippen LogP contribution is 2.21. The van der Waals surface area contributed by atoms with E-state index in [1.807, 2.05) is 18.2 Å². The zero-order valence-electron chi connectivity index (χ0n) is 10.1. The molecule has 2 aromatic heterocycles. The third-order valence-electron chi connectivity index (χ3n) is 2.75. The Kier molecular flexibility index (Phi) is 3.33. The Labute approximate surface area is 113 Å². The molecule has 0 saturated carbocycles. The van der Waals surface area contributed by atoms with Gasteiger partial charge >= 0.3 is 5.69 Å². The Balaban J connectivity index is 1.75. The predicted molar refractivity (Wildman–Crippen MR) is 75.4 cm³/mol. The average Bonchev–Trinajstić information content (AvgIpc) is 2.88. The number of hydrogen-bond acceptors (Lipinski definition) is 4. The highest BCUT2D eigenvalue weighted by Gasteiger charge is 2.07. The first kappa shape index (κ1) is 12.0. The van der Waals surface area contributed by atoms with Gasteiger partial charge in [-0.2, -0.15) is 4.98 Å². The standard InChI is InChI=1S/C13H12N4OS/c18-13-16-11-10(14-8-15-11)12(17-13)19-7-6-9-4-2-1-3-5-9/h1-5,8H,6-7H2,(H2,14,15,16,17,18). The van der Waals surface area contributed by atoms with Gasteiger partial charge in [0.15, 0.2) is 5.65 Å². The van der Waals surface area contributed by atoms with Crippen LogP contribution in [0.4, 0.5) is 0 Å². The molecule has 0 fully saturated rings. The summed E-state index contributed by atoms with van der Waals surface area (Å²) in [5.41, 5.74) is 2.27. The Morgan fingerprint density at radius 2 is 2.05 bits per heavy atom. The van der Waals surface area contributed by atoms with E-state index in [9.17, 15) is 4.79 Å². The summed E-state index contributed by atoms with van der Waals surface area (Å²) in [6.07, 6.45) is 2.50. The minimum atomic E-state index is -0.359. The van der Waals surface area contributed by atoms with Gasteiger partial charge in [0.05, 0.1) is 6.33 Å². The number of nitrogens with zero attached hydrogens (tertiary/aromatic N) is 2. The molecule has 0 unspecified atom stereocenters. The van der Waals surface area contributed by atoms with Crippen molar-refractivity contribution in [2.75, 3.05) is 5.75 Å². The lowest BCUT2D eigenvalue weighted by atomic mass is 10.2. The SMILES string of the molecule is O=c1nc(SCCc2ccccc2)c2[nH]cnc2[nH]1. The summed E-state index contributed by atoms with van der Waals surface area (Å²) in [6, 6.07) is 10.2. The zero-order chi connectivity index (χ0) is 13.1. The number of fused-ring (bicyclic) bond motifs is 1. The van der Waals surface area contributed by atoms with Gasteiger partial charge in [-0.15, -0.1) is 11.8 Å². The molecule has 2 heterocycles. The maximum atomic E-state index is 11.4. The van der Waals surface area contributed by atoms with Gasteiger partial charge in [0.2, 0.25) is 0 Å². The number of thioether (sulfide) groups is 1. The molecule has 19 heavy (non-hydrogen) atoms. The first-order valence-electron chi connectivity index (χ1n) is 5.93. The minimum Gasteiger partial charge on any atom is -0.341 e. The maximum absolute atomic E-state index is 11.4. The van der Waals surface area contributed by atoms with E-state index in [4.69, 9.17) is 0 Å². The van der Waals surface area contributed by atoms with Gasteiger partial charge in [-0.25, -0.2) is 9.78 Å². The predicted octanol–water partition coefficient (Wildman–Crippen LogP) is 1.98. The third kappa shape index (κ3) is 2.68. The van der Waals surface area contributed by atoms with Gasteiger partial charge in [0, 0.05) is 5.75 Å². The fourth-order valence-corrected chi connectivity index (χ4v) is 2.82. The summed E-state index contributed by atoms with van der Waals surface area (Å²) < 4.78 is 0. The zero-order valence-corrected chi connectivity index (χ0v) is 10.9. The van der Waals surface area contributed by atoms with Crippen LogP contribution in [-0.2, 0) is 6.42 Å². The Hall–Kier alpha value is -2.08. The summed E-state index contributed by atoms with van der Waals surface area (Å²) >= 11 is 1.56. The molecular weight excluding hydrogens is 260 g/mol. The van der Waals surface area contributed by atoms with Crippen molar-refractivity contribution in [3.63, 3.8) is 0 Å². The molecule has 1 aromatic carbocycles. The molecule has 2 N–H and O–H groups in total. The van der Waals surface area contributed by atoms with Gasteiger partial charge in [-0.05, 0) is 12.0 Å². The van der Waals surface area contributed by atoms with Crippen LogP contribution in [0.2, 0.25) is 0 Å². The van der Waals surface area contributed by atoms with Crippen LogP contribution in [0.3, 0.4) is 0 Å². The van der Waals surface area contributed by atoms with Crippen molar-refractivity contribution < 1.29 is 0 Å². The average molecular weight is 272 g/mol. The van der Waals surface area contributed by atoms with Crippen molar-refractivity contribution in [1.29, 1.82) is 0 Å². The molecule has 0 bridgehead atoms. The van der Waals surface area contributed by atoms with Crippen LogP contribution in [0.15, 0.2) is 46.5 Å². The minimum absolute atomic E-state index is 0.359. The first-order chi connectivity index (χ1) is 9.33. The number of aryl methyl sites for hydroxylation is 1. The molecule has 0 atom stereocenters. The number of aromatic nitrogens is 4. The quantitative estimate of drug-likeness (QED) is 0.562. The van der Waals surface area contributed by atoms with E-state index in [0.717, 1.165) is 17.7 Å². The van der Waals surface area contributed by atoms with Gasteiger partial charge in [0.1, 0.15) is 10.5 Å². The fourth-order valence-electron chi connectivity index (χ4n) is 1.84. The third-order valence-corrected chi connectivity index (χ3v) is 3.73. The van der Waals surface area contributed by atoms with Crippen molar-refractivity contribution in [3.05, 3.63) is 52.7 Å². The van der Waals surface area contributed by atoms with Gasteiger partial charge in [0.25, 0.3) is 0 Å². The fraction of sp³-hybridized carbons (Fsp3) is 0.154. The second-order valence-electron chi connectivity index (χ2n) is 4.06. The summed E-state index contributed by atoms with van der Waals surface area (Å²) in [5.74, 6) is 0.870. The van der Waals surface area contributed by atoms with Gasteiger partial charge in [-0.3, -0.25) is 4.98 Å². The van der Waals surface area contributed by atoms with Crippen LogP contribution >= 0.6 is 11.8 Å². The molecule has 3 rings (SSSR count). The lowest BCUT2D eigenvalue weighted by Gasteiger charge is -2.02. The van der Waals surface area contributed by atoms with Crippen LogP contribution in [0.25, 0.3) is 11.2 Å². The molecule has 0 aliphatic heterocycles. The van der Waals surface area contributed by atoms with Crippen molar-refractivity contribution >= 4 is 22.9 Å². The second kappa shape index (κ2) is 5.27. The molecule has 0 saturated heterocycles. The Morgan fingerprint density at radius 1 is 1.21 bits per heavy atom. The van der Waals surface area contributed by atoms with E-state index in [2.05, 4.69) is 32.1 Å². The summed E-state index contributed by atoms with van der Waals surface area (Å²) in [4.78, 5) is 25.0. The largest absolute Gasteiger partial charge is 0.347 e. The van der Waals surface area contributed by atoms with Crippen LogP contribution in [0, 0.1) is 0 Å². The smallest absolute Gasteiger partial charge is 0.341 e. The highest BCUT2D eigenvalue weighted by molar-refractivity contribution is 7.99. The second-order valence-corrected chi connectivity index (χ2v) is 5.14. The van der Waals surface area contributed by atoms with E-state index in [1.54, 1.807) is 18.1 Å². The van der Waals surface area contributed by atoms with E-state index < -0.39 is 0 Å². The topological polar surface area (TPSA) is 74.4 Å². The molecule has 0 aliphatic rings. The maximum Gasteiger partial charge on any atom is 0.347 e. The Morgan fingerprint density at radius 3 is 2.89 bits per heavy atom. The van der Waals surface area contributed by atoms with E-state index in [0.29, 0.717) is 10.7 Å².